The third kappa shape index (κ3) is 3.31. The molecule has 1 aliphatic rings. The maximum atomic E-state index is 12.4. The van der Waals surface area contributed by atoms with Crippen molar-refractivity contribution in [3.8, 4) is 0 Å². The lowest BCUT2D eigenvalue weighted by atomic mass is 10.2. The van der Waals surface area contributed by atoms with Crippen LogP contribution in [-0.2, 0) is 4.74 Å². The third-order valence-electron chi connectivity index (χ3n) is 3.30. The average Bonchev–Trinajstić information content (AvgIpc) is 3.19. The van der Waals surface area contributed by atoms with Crippen molar-refractivity contribution < 1.29 is 13.9 Å². The number of nitrogens with one attached hydrogen (secondary N) is 1. The van der Waals surface area contributed by atoms with Crippen molar-refractivity contribution in [2.24, 2.45) is 0 Å². The Morgan fingerprint density at radius 1 is 1.41 bits per heavy atom. The fraction of sp³-hybridized carbons (Fsp3) is 0.400. The van der Waals surface area contributed by atoms with E-state index in [1.54, 1.807) is 17.8 Å². The lowest BCUT2D eigenvalue weighted by Crippen LogP contribution is -2.13. The molecular weight excluding hydrogens is 302 g/mol. The maximum absolute atomic E-state index is 12.4. The first-order chi connectivity index (χ1) is 10.8. The monoisotopic (exact) mass is 319 g/mol. The SMILES string of the molecule is CCSc1ccccc1C(=O)Nc1nnc(C2CCCO2)o1. The summed E-state index contributed by atoms with van der Waals surface area (Å²) in [6, 6.07) is 7.56. The number of carbonyl (C=O) groups is 1. The van der Waals surface area contributed by atoms with Crippen LogP contribution in [0.1, 0.15) is 42.1 Å². The van der Waals surface area contributed by atoms with Crippen LogP contribution in [0.25, 0.3) is 0 Å². The lowest BCUT2D eigenvalue weighted by molar-refractivity contribution is 0.0893. The van der Waals surface area contributed by atoms with Gasteiger partial charge in [-0.15, -0.1) is 16.9 Å². The zero-order valence-electron chi connectivity index (χ0n) is 12.2. The highest BCUT2D eigenvalue weighted by Gasteiger charge is 2.24. The molecule has 0 spiro atoms. The molecule has 1 atom stereocenters. The van der Waals surface area contributed by atoms with Crippen LogP contribution in [-0.4, -0.2) is 28.5 Å². The zero-order chi connectivity index (χ0) is 15.4. The van der Waals surface area contributed by atoms with E-state index in [0.717, 1.165) is 23.5 Å². The van der Waals surface area contributed by atoms with E-state index in [0.29, 0.717) is 18.1 Å². The van der Waals surface area contributed by atoms with Crippen LogP contribution in [0, 0.1) is 0 Å². The normalized spacial score (nSPS) is 17.6. The molecule has 1 unspecified atom stereocenters. The Balaban J connectivity index is 1.71. The Hall–Kier alpha value is -1.86. The first-order valence-corrected chi connectivity index (χ1v) is 8.24. The first-order valence-electron chi connectivity index (χ1n) is 7.26. The van der Waals surface area contributed by atoms with Gasteiger partial charge in [-0.3, -0.25) is 10.1 Å². The minimum Gasteiger partial charge on any atom is -0.405 e. The van der Waals surface area contributed by atoms with Crippen LogP contribution >= 0.6 is 11.8 Å². The molecule has 1 aromatic carbocycles. The second-order valence-electron chi connectivity index (χ2n) is 4.83. The number of benzene rings is 1. The molecule has 7 heteroatoms. The topological polar surface area (TPSA) is 77.2 Å². The number of carbonyl (C=O) groups excluding carboxylic acids is 1. The molecule has 1 amide bonds. The Kier molecular flexibility index (Phi) is 4.74. The van der Waals surface area contributed by atoms with E-state index in [9.17, 15) is 4.79 Å². The van der Waals surface area contributed by atoms with Gasteiger partial charge in [0.05, 0.1) is 5.56 Å². The van der Waals surface area contributed by atoms with E-state index in [1.165, 1.54) is 0 Å². The number of rotatable bonds is 5. The molecule has 1 N–H and O–H groups in total. The van der Waals surface area contributed by atoms with Crippen LogP contribution in [0.15, 0.2) is 33.6 Å². The van der Waals surface area contributed by atoms with E-state index in [4.69, 9.17) is 9.15 Å². The fourth-order valence-corrected chi connectivity index (χ4v) is 3.09. The Bertz CT molecular complexity index is 653. The summed E-state index contributed by atoms with van der Waals surface area (Å²) in [4.78, 5) is 13.3. The second kappa shape index (κ2) is 6.93. The minimum atomic E-state index is -0.251. The van der Waals surface area contributed by atoms with Gasteiger partial charge < -0.3 is 9.15 Å². The molecular formula is C15H17N3O3S. The van der Waals surface area contributed by atoms with Crippen molar-refractivity contribution in [3.63, 3.8) is 0 Å². The third-order valence-corrected chi connectivity index (χ3v) is 4.25. The maximum Gasteiger partial charge on any atom is 0.322 e. The first kappa shape index (κ1) is 15.1. The molecule has 2 heterocycles. The van der Waals surface area contributed by atoms with Crippen molar-refractivity contribution in [2.45, 2.75) is 30.8 Å². The van der Waals surface area contributed by atoms with Crippen LogP contribution in [0.4, 0.5) is 6.01 Å². The molecule has 2 aromatic rings. The van der Waals surface area contributed by atoms with Gasteiger partial charge in [0, 0.05) is 11.5 Å². The van der Waals surface area contributed by atoms with E-state index < -0.39 is 0 Å². The van der Waals surface area contributed by atoms with Crippen molar-refractivity contribution in [1.82, 2.24) is 10.2 Å². The number of ether oxygens (including phenoxy) is 1. The average molecular weight is 319 g/mol. The van der Waals surface area contributed by atoms with Gasteiger partial charge in [0.1, 0.15) is 6.10 Å². The van der Waals surface area contributed by atoms with E-state index >= 15 is 0 Å². The molecule has 0 radical (unpaired) electrons. The van der Waals surface area contributed by atoms with Crippen molar-refractivity contribution >= 4 is 23.7 Å². The van der Waals surface area contributed by atoms with Gasteiger partial charge >= 0.3 is 6.01 Å². The number of aromatic nitrogens is 2. The minimum absolute atomic E-state index is 0.104. The van der Waals surface area contributed by atoms with Crippen LogP contribution in [0.3, 0.4) is 0 Å². The number of hydrogen-bond acceptors (Lipinski definition) is 6. The Morgan fingerprint density at radius 3 is 3.05 bits per heavy atom. The summed E-state index contributed by atoms with van der Waals surface area (Å²) in [5.41, 5.74) is 0.603. The number of anilines is 1. The standard InChI is InChI=1S/C15H17N3O3S/c1-2-22-12-8-4-3-6-10(12)13(19)16-15-18-17-14(21-15)11-7-5-9-20-11/h3-4,6,8,11H,2,5,7,9H2,1H3,(H,16,18,19). The molecule has 0 aliphatic carbocycles. The lowest BCUT2D eigenvalue weighted by Gasteiger charge is -2.06. The molecule has 6 nitrogen and oxygen atoms in total. The van der Waals surface area contributed by atoms with Gasteiger partial charge in [-0.1, -0.05) is 24.2 Å². The van der Waals surface area contributed by atoms with Crippen LogP contribution in [0.5, 0.6) is 0 Å². The molecule has 0 bridgehead atoms. The van der Waals surface area contributed by atoms with Gasteiger partial charge in [0.25, 0.3) is 5.91 Å². The highest BCUT2D eigenvalue weighted by atomic mass is 32.2. The molecule has 1 saturated heterocycles. The van der Waals surface area contributed by atoms with Gasteiger partial charge in [-0.2, -0.15) is 0 Å². The zero-order valence-corrected chi connectivity index (χ0v) is 13.1. The number of amides is 1. The summed E-state index contributed by atoms with van der Waals surface area (Å²) in [5.74, 6) is 1.07. The summed E-state index contributed by atoms with van der Waals surface area (Å²) in [6.07, 6.45) is 1.70. The summed E-state index contributed by atoms with van der Waals surface area (Å²) >= 11 is 1.62. The van der Waals surface area contributed by atoms with Crippen molar-refractivity contribution in [1.29, 1.82) is 0 Å². The Labute approximate surface area is 132 Å². The summed E-state index contributed by atoms with van der Waals surface area (Å²) in [7, 11) is 0. The molecule has 1 aliphatic heterocycles. The fourth-order valence-electron chi connectivity index (χ4n) is 2.29. The number of thioether (sulfide) groups is 1. The van der Waals surface area contributed by atoms with E-state index in [2.05, 4.69) is 15.5 Å². The van der Waals surface area contributed by atoms with Crippen LogP contribution < -0.4 is 5.32 Å². The smallest absolute Gasteiger partial charge is 0.322 e. The molecule has 0 saturated carbocycles. The van der Waals surface area contributed by atoms with E-state index in [1.807, 2.05) is 25.1 Å². The predicted molar refractivity (Wildman–Crippen MR) is 83.0 cm³/mol. The molecule has 3 rings (SSSR count). The predicted octanol–water partition coefficient (Wildman–Crippen LogP) is 3.29. The Morgan fingerprint density at radius 2 is 2.27 bits per heavy atom. The highest BCUT2D eigenvalue weighted by molar-refractivity contribution is 7.99. The second-order valence-corrected chi connectivity index (χ2v) is 6.14. The quantitative estimate of drug-likeness (QED) is 0.852. The largest absolute Gasteiger partial charge is 0.405 e. The number of hydrogen-bond donors (Lipinski definition) is 1. The van der Waals surface area contributed by atoms with E-state index in [-0.39, 0.29) is 18.0 Å². The molecule has 22 heavy (non-hydrogen) atoms. The van der Waals surface area contributed by atoms with Gasteiger partial charge in [0.2, 0.25) is 5.89 Å². The van der Waals surface area contributed by atoms with Gasteiger partial charge in [-0.05, 0) is 30.7 Å². The molecule has 116 valence electrons. The van der Waals surface area contributed by atoms with Crippen molar-refractivity contribution in [2.75, 3.05) is 17.7 Å². The molecule has 1 fully saturated rings. The highest BCUT2D eigenvalue weighted by Crippen LogP contribution is 2.28. The number of nitrogens with zero attached hydrogens (tertiary/aromatic N) is 2. The van der Waals surface area contributed by atoms with Crippen molar-refractivity contribution in [3.05, 3.63) is 35.7 Å². The molecule has 1 aromatic heterocycles. The summed E-state index contributed by atoms with van der Waals surface area (Å²) in [6.45, 7) is 2.75. The van der Waals surface area contributed by atoms with Gasteiger partial charge in [-0.25, -0.2) is 0 Å². The summed E-state index contributed by atoms with van der Waals surface area (Å²) < 4.78 is 11.0. The summed E-state index contributed by atoms with van der Waals surface area (Å²) in [5, 5.41) is 10.5. The van der Waals surface area contributed by atoms with Crippen LogP contribution in [0.2, 0.25) is 0 Å². The van der Waals surface area contributed by atoms with Gasteiger partial charge in [0.15, 0.2) is 0 Å².